The summed E-state index contributed by atoms with van der Waals surface area (Å²) in [6.45, 7) is 1.10. The van der Waals surface area contributed by atoms with Gasteiger partial charge < -0.3 is 10.4 Å². The molecule has 1 aromatic carbocycles. The summed E-state index contributed by atoms with van der Waals surface area (Å²) < 4.78 is 0. The van der Waals surface area contributed by atoms with Crippen molar-refractivity contribution in [2.24, 2.45) is 0 Å². The highest BCUT2D eigenvalue weighted by atomic mass is 35.5. The van der Waals surface area contributed by atoms with E-state index < -0.39 is 0 Å². The zero-order valence-corrected chi connectivity index (χ0v) is 8.18. The van der Waals surface area contributed by atoms with E-state index in [0.29, 0.717) is 11.8 Å². The molecule has 0 unspecified atom stereocenters. The zero-order chi connectivity index (χ0) is 8.39. The van der Waals surface area contributed by atoms with Crippen molar-refractivity contribution in [2.45, 2.75) is 18.9 Å². The van der Waals surface area contributed by atoms with Gasteiger partial charge in [-0.3, -0.25) is 0 Å². The molecule has 2 N–H and O–H groups in total. The highest BCUT2D eigenvalue weighted by Gasteiger charge is 2.15. The van der Waals surface area contributed by atoms with Crippen molar-refractivity contribution >= 4 is 12.4 Å². The molecule has 0 amide bonds. The molecule has 1 heterocycles. The number of rotatable bonds is 1. The Morgan fingerprint density at radius 1 is 1.38 bits per heavy atom. The van der Waals surface area contributed by atoms with Gasteiger partial charge in [0.2, 0.25) is 0 Å². The van der Waals surface area contributed by atoms with Crippen molar-refractivity contribution in [1.29, 1.82) is 0 Å². The van der Waals surface area contributed by atoms with Crippen LogP contribution in [0.4, 0.5) is 0 Å². The van der Waals surface area contributed by atoms with Gasteiger partial charge in [0.05, 0.1) is 0 Å². The van der Waals surface area contributed by atoms with Gasteiger partial charge in [-0.2, -0.15) is 0 Å². The molecular weight excluding hydrogens is 186 g/mol. The topological polar surface area (TPSA) is 32.3 Å². The maximum Gasteiger partial charge on any atom is 0.115 e. The Kier molecular flexibility index (Phi) is 3.58. The smallest absolute Gasteiger partial charge is 0.115 e. The Balaban J connectivity index is 0.000000845. The fourth-order valence-corrected chi connectivity index (χ4v) is 1.71. The molecule has 0 aromatic heterocycles. The first-order valence-electron chi connectivity index (χ1n) is 4.38. The van der Waals surface area contributed by atoms with Gasteiger partial charge in [0.25, 0.3) is 0 Å². The Labute approximate surface area is 84.4 Å². The second-order valence-electron chi connectivity index (χ2n) is 3.24. The molecule has 0 radical (unpaired) electrons. The van der Waals surface area contributed by atoms with E-state index in [0.717, 1.165) is 6.54 Å². The summed E-state index contributed by atoms with van der Waals surface area (Å²) in [7, 11) is 0. The Bertz CT molecular complexity index is 271. The molecule has 1 saturated heterocycles. The zero-order valence-electron chi connectivity index (χ0n) is 7.36. The fourth-order valence-electron chi connectivity index (χ4n) is 1.71. The van der Waals surface area contributed by atoms with Crippen molar-refractivity contribution < 1.29 is 5.11 Å². The lowest BCUT2D eigenvalue weighted by atomic mass is 10.1. The quantitative estimate of drug-likeness (QED) is 0.727. The first kappa shape index (κ1) is 10.4. The van der Waals surface area contributed by atoms with Gasteiger partial charge in [-0.1, -0.05) is 12.1 Å². The van der Waals surface area contributed by atoms with Crippen molar-refractivity contribution in [3.8, 4) is 5.75 Å². The number of aromatic hydroxyl groups is 1. The summed E-state index contributed by atoms with van der Waals surface area (Å²) in [6, 6.07) is 7.95. The van der Waals surface area contributed by atoms with Crippen LogP contribution < -0.4 is 5.32 Å². The van der Waals surface area contributed by atoms with Gasteiger partial charge in [-0.15, -0.1) is 12.4 Å². The van der Waals surface area contributed by atoms with Crippen molar-refractivity contribution in [2.75, 3.05) is 6.54 Å². The SMILES string of the molecule is Cl.Oc1cccc([C@H]2CCCN2)c1. The third-order valence-electron chi connectivity index (χ3n) is 2.33. The highest BCUT2D eigenvalue weighted by molar-refractivity contribution is 5.85. The maximum absolute atomic E-state index is 9.25. The Morgan fingerprint density at radius 2 is 2.23 bits per heavy atom. The van der Waals surface area contributed by atoms with E-state index in [9.17, 15) is 5.11 Å². The molecule has 1 aliphatic rings. The minimum atomic E-state index is 0. The van der Waals surface area contributed by atoms with Crippen molar-refractivity contribution in [1.82, 2.24) is 5.32 Å². The van der Waals surface area contributed by atoms with Crippen LogP contribution >= 0.6 is 12.4 Å². The van der Waals surface area contributed by atoms with E-state index in [1.54, 1.807) is 6.07 Å². The molecule has 2 nitrogen and oxygen atoms in total. The van der Waals surface area contributed by atoms with Gasteiger partial charge >= 0.3 is 0 Å². The molecule has 72 valence electrons. The summed E-state index contributed by atoms with van der Waals surface area (Å²) in [5.74, 6) is 0.362. The average molecular weight is 200 g/mol. The van der Waals surface area contributed by atoms with Crippen LogP contribution in [0.25, 0.3) is 0 Å². The molecular formula is C10H14ClNO. The number of benzene rings is 1. The largest absolute Gasteiger partial charge is 0.508 e. The van der Waals surface area contributed by atoms with Crippen LogP contribution in [0.1, 0.15) is 24.4 Å². The summed E-state index contributed by atoms with van der Waals surface area (Å²) in [6.07, 6.45) is 2.42. The van der Waals surface area contributed by atoms with E-state index >= 15 is 0 Å². The molecule has 1 fully saturated rings. The second-order valence-corrected chi connectivity index (χ2v) is 3.24. The number of nitrogens with one attached hydrogen (secondary N) is 1. The molecule has 1 aliphatic heterocycles. The predicted octanol–water partition coefficient (Wildman–Crippen LogP) is 2.24. The van der Waals surface area contributed by atoms with Crippen LogP contribution in [0.3, 0.4) is 0 Å². The lowest BCUT2D eigenvalue weighted by Crippen LogP contribution is -2.12. The summed E-state index contributed by atoms with van der Waals surface area (Å²) in [4.78, 5) is 0. The molecule has 13 heavy (non-hydrogen) atoms. The van der Waals surface area contributed by atoms with Crippen LogP contribution in [0.5, 0.6) is 5.75 Å². The number of phenols is 1. The van der Waals surface area contributed by atoms with E-state index in [4.69, 9.17) is 0 Å². The summed E-state index contributed by atoms with van der Waals surface area (Å²) >= 11 is 0. The van der Waals surface area contributed by atoms with Gasteiger partial charge in [-0.25, -0.2) is 0 Å². The lowest BCUT2D eigenvalue weighted by Gasteiger charge is -2.09. The van der Waals surface area contributed by atoms with Gasteiger partial charge in [0.1, 0.15) is 5.75 Å². The summed E-state index contributed by atoms with van der Waals surface area (Å²) in [5, 5.41) is 12.6. The van der Waals surface area contributed by atoms with Gasteiger partial charge in [0.15, 0.2) is 0 Å². The molecule has 0 spiro atoms. The highest BCUT2D eigenvalue weighted by Crippen LogP contribution is 2.24. The third kappa shape index (κ3) is 2.36. The van der Waals surface area contributed by atoms with Crippen molar-refractivity contribution in [3.63, 3.8) is 0 Å². The van der Waals surface area contributed by atoms with Crippen LogP contribution in [-0.4, -0.2) is 11.7 Å². The van der Waals surface area contributed by atoms with E-state index in [1.807, 2.05) is 12.1 Å². The van der Waals surface area contributed by atoms with Crippen molar-refractivity contribution in [3.05, 3.63) is 29.8 Å². The van der Waals surface area contributed by atoms with Gasteiger partial charge in [0, 0.05) is 6.04 Å². The van der Waals surface area contributed by atoms with Crippen LogP contribution in [0, 0.1) is 0 Å². The molecule has 1 atom stereocenters. The molecule has 3 heteroatoms. The molecule has 1 aromatic rings. The standard InChI is InChI=1S/C10H13NO.ClH/c12-9-4-1-3-8(7-9)10-5-2-6-11-10;/h1,3-4,7,10-12H,2,5-6H2;1H/t10-;/m1./s1. The fraction of sp³-hybridized carbons (Fsp3) is 0.400. The number of halogens is 1. The Hall–Kier alpha value is -0.730. The van der Waals surface area contributed by atoms with Crippen LogP contribution in [0.15, 0.2) is 24.3 Å². The monoisotopic (exact) mass is 199 g/mol. The Morgan fingerprint density at radius 3 is 2.85 bits per heavy atom. The van der Waals surface area contributed by atoms with E-state index in [2.05, 4.69) is 11.4 Å². The number of phenolic OH excluding ortho intramolecular Hbond substituents is 1. The first-order chi connectivity index (χ1) is 5.86. The first-order valence-corrected chi connectivity index (χ1v) is 4.38. The molecule has 0 saturated carbocycles. The second kappa shape index (κ2) is 4.49. The lowest BCUT2D eigenvalue weighted by molar-refractivity contribution is 0.473. The predicted molar refractivity (Wildman–Crippen MR) is 55.3 cm³/mol. The minimum absolute atomic E-state index is 0. The average Bonchev–Trinajstić information content (AvgIpc) is 2.56. The maximum atomic E-state index is 9.25. The number of hydrogen-bond acceptors (Lipinski definition) is 2. The van der Waals surface area contributed by atoms with Gasteiger partial charge in [-0.05, 0) is 37.1 Å². The normalized spacial score (nSPS) is 21.1. The molecule has 0 aliphatic carbocycles. The molecule has 2 rings (SSSR count). The third-order valence-corrected chi connectivity index (χ3v) is 2.33. The van der Waals surface area contributed by atoms with Crippen LogP contribution in [0.2, 0.25) is 0 Å². The minimum Gasteiger partial charge on any atom is -0.508 e. The van der Waals surface area contributed by atoms with E-state index in [1.165, 1.54) is 18.4 Å². The number of hydrogen-bond donors (Lipinski definition) is 2. The van der Waals surface area contributed by atoms with E-state index in [-0.39, 0.29) is 12.4 Å². The molecule has 0 bridgehead atoms. The summed E-state index contributed by atoms with van der Waals surface area (Å²) in [5.41, 5.74) is 1.20. The van der Waals surface area contributed by atoms with Crippen LogP contribution in [-0.2, 0) is 0 Å².